The van der Waals surface area contributed by atoms with Crippen molar-refractivity contribution in [3.05, 3.63) is 66.4 Å². The zero-order valence-corrected chi connectivity index (χ0v) is 19.5. The summed E-state index contributed by atoms with van der Waals surface area (Å²) in [5, 5.41) is 9.08. The van der Waals surface area contributed by atoms with Gasteiger partial charge in [0.15, 0.2) is 0 Å². The van der Waals surface area contributed by atoms with Gasteiger partial charge in [-0.15, -0.1) is 0 Å². The summed E-state index contributed by atoms with van der Waals surface area (Å²) < 4.78 is 22.4. The topological polar surface area (TPSA) is 55.2 Å². The molecule has 4 aromatic rings. The van der Waals surface area contributed by atoms with Crippen LogP contribution in [0, 0.1) is 12.7 Å². The first-order valence-electron chi connectivity index (χ1n) is 11.8. The van der Waals surface area contributed by atoms with Gasteiger partial charge in [0.1, 0.15) is 5.82 Å². The van der Waals surface area contributed by atoms with Crippen LogP contribution in [0.25, 0.3) is 33.2 Å². The number of nitrogens with zero attached hydrogens (tertiary/aromatic N) is 4. The molecule has 6 nitrogen and oxygen atoms in total. The van der Waals surface area contributed by atoms with Gasteiger partial charge < -0.3 is 15.0 Å². The molecular formula is C27H28FN5O. The van der Waals surface area contributed by atoms with E-state index in [1.54, 1.807) is 12.1 Å². The molecule has 2 fully saturated rings. The predicted molar refractivity (Wildman–Crippen MR) is 132 cm³/mol. The smallest absolute Gasteiger partial charge is 0.124 e. The normalized spacial score (nSPS) is 20.5. The Balaban J connectivity index is 1.52. The number of anilines is 1. The number of rotatable bonds is 3. The van der Waals surface area contributed by atoms with Crippen molar-refractivity contribution in [3.63, 3.8) is 0 Å². The minimum Gasteiger partial charge on any atom is -0.373 e. The molecule has 2 atom stereocenters. The minimum atomic E-state index is -0.235. The maximum Gasteiger partial charge on any atom is 0.124 e. The van der Waals surface area contributed by atoms with Crippen molar-refractivity contribution < 1.29 is 9.13 Å². The van der Waals surface area contributed by atoms with Gasteiger partial charge in [0.2, 0.25) is 0 Å². The number of fused-ring (bicyclic) bond motifs is 2. The van der Waals surface area contributed by atoms with E-state index >= 15 is 0 Å². The third-order valence-electron chi connectivity index (χ3n) is 7.04. The summed E-state index contributed by atoms with van der Waals surface area (Å²) in [6, 6.07) is 12.0. The molecule has 7 heteroatoms. The molecule has 0 saturated carbocycles. The SMILES string of the molecule is Cc1cc(F)cc(-c2cncc(-c3ccc4c(cnn4C)c3)c2N2CC[C@H]3NCCO[C@@H]3C2)c1. The van der Waals surface area contributed by atoms with Crippen molar-refractivity contribution in [1.29, 1.82) is 0 Å². The molecule has 174 valence electrons. The van der Waals surface area contributed by atoms with Crippen molar-refractivity contribution in [1.82, 2.24) is 20.1 Å². The van der Waals surface area contributed by atoms with Crippen LogP contribution < -0.4 is 10.2 Å². The molecular weight excluding hydrogens is 429 g/mol. The van der Waals surface area contributed by atoms with Crippen LogP contribution in [0.1, 0.15) is 12.0 Å². The monoisotopic (exact) mass is 457 g/mol. The van der Waals surface area contributed by atoms with Crippen molar-refractivity contribution >= 4 is 16.6 Å². The molecule has 0 aliphatic carbocycles. The van der Waals surface area contributed by atoms with Gasteiger partial charge in [0, 0.05) is 61.6 Å². The lowest BCUT2D eigenvalue weighted by molar-refractivity contribution is -0.00899. The number of hydrogen-bond acceptors (Lipinski definition) is 5. The van der Waals surface area contributed by atoms with Crippen LogP contribution in [-0.2, 0) is 11.8 Å². The molecule has 1 N–H and O–H groups in total. The molecule has 2 saturated heterocycles. The number of ether oxygens (including phenoxy) is 1. The first kappa shape index (κ1) is 21.3. The fraction of sp³-hybridized carbons (Fsp3) is 0.333. The van der Waals surface area contributed by atoms with E-state index in [0.29, 0.717) is 6.04 Å². The molecule has 0 unspecified atom stereocenters. The lowest BCUT2D eigenvalue weighted by Gasteiger charge is -2.43. The van der Waals surface area contributed by atoms with Gasteiger partial charge in [-0.25, -0.2) is 4.39 Å². The van der Waals surface area contributed by atoms with Crippen molar-refractivity contribution in [2.75, 3.05) is 31.1 Å². The second-order valence-electron chi connectivity index (χ2n) is 9.35. The van der Waals surface area contributed by atoms with E-state index in [9.17, 15) is 4.39 Å². The Morgan fingerprint density at radius 2 is 1.91 bits per heavy atom. The predicted octanol–water partition coefficient (Wildman–Crippen LogP) is 4.32. The highest BCUT2D eigenvalue weighted by atomic mass is 19.1. The fourth-order valence-electron chi connectivity index (χ4n) is 5.42. The number of benzene rings is 2. The average Bonchev–Trinajstić information content (AvgIpc) is 3.22. The number of piperidine rings is 1. The summed E-state index contributed by atoms with van der Waals surface area (Å²) in [5.41, 5.74) is 6.94. The zero-order valence-electron chi connectivity index (χ0n) is 19.5. The van der Waals surface area contributed by atoms with Crippen LogP contribution in [-0.4, -0.2) is 53.2 Å². The second-order valence-corrected chi connectivity index (χ2v) is 9.35. The van der Waals surface area contributed by atoms with Gasteiger partial charge in [-0.2, -0.15) is 5.10 Å². The lowest BCUT2D eigenvalue weighted by atomic mass is 9.93. The number of pyridine rings is 1. The van der Waals surface area contributed by atoms with E-state index in [1.807, 2.05) is 43.3 Å². The highest BCUT2D eigenvalue weighted by Crippen LogP contribution is 2.41. The highest BCUT2D eigenvalue weighted by Gasteiger charge is 2.34. The summed E-state index contributed by atoms with van der Waals surface area (Å²) in [4.78, 5) is 7.00. The first-order chi connectivity index (χ1) is 16.6. The maximum atomic E-state index is 14.4. The van der Waals surface area contributed by atoms with E-state index in [0.717, 1.165) is 77.1 Å². The molecule has 2 aromatic carbocycles. The van der Waals surface area contributed by atoms with Gasteiger partial charge in [0.25, 0.3) is 0 Å². The number of nitrogens with one attached hydrogen (secondary N) is 1. The van der Waals surface area contributed by atoms with E-state index in [4.69, 9.17) is 4.74 Å². The maximum absolute atomic E-state index is 14.4. The summed E-state index contributed by atoms with van der Waals surface area (Å²) in [7, 11) is 1.95. The number of aryl methyl sites for hydroxylation is 2. The third kappa shape index (κ3) is 3.75. The van der Waals surface area contributed by atoms with Crippen molar-refractivity contribution in [2.45, 2.75) is 25.5 Å². The second kappa shape index (κ2) is 8.49. The van der Waals surface area contributed by atoms with Gasteiger partial charge in [0.05, 0.1) is 30.1 Å². The molecule has 0 radical (unpaired) electrons. The quantitative estimate of drug-likeness (QED) is 0.497. The largest absolute Gasteiger partial charge is 0.373 e. The number of aromatic nitrogens is 3. The molecule has 0 spiro atoms. The molecule has 0 amide bonds. The van der Waals surface area contributed by atoms with E-state index < -0.39 is 0 Å². The van der Waals surface area contributed by atoms with Crippen LogP contribution in [0.2, 0.25) is 0 Å². The van der Waals surface area contributed by atoms with Crippen molar-refractivity contribution in [3.8, 4) is 22.3 Å². The molecule has 2 aliphatic rings. The van der Waals surface area contributed by atoms with Gasteiger partial charge in [-0.1, -0.05) is 12.1 Å². The van der Waals surface area contributed by atoms with Gasteiger partial charge >= 0.3 is 0 Å². The van der Waals surface area contributed by atoms with Crippen LogP contribution >= 0.6 is 0 Å². The summed E-state index contributed by atoms with van der Waals surface area (Å²) in [6.45, 7) is 5.23. The van der Waals surface area contributed by atoms with Crippen LogP contribution in [0.15, 0.2) is 55.0 Å². The third-order valence-corrected chi connectivity index (χ3v) is 7.04. The first-order valence-corrected chi connectivity index (χ1v) is 11.8. The Labute approximate surface area is 198 Å². The molecule has 0 bridgehead atoms. The standard InChI is InChI=1S/C27H28FN5O/c1-17-9-19(12-21(28)10-17)23-15-29-14-22(18-3-4-25-20(11-18)13-31-32(25)2)27(23)33-7-5-24-26(16-33)34-8-6-30-24/h3-4,9-15,24,26,30H,5-8,16H2,1-2H3/t24-,26-/m1/s1. The fourth-order valence-corrected chi connectivity index (χ4v) is 5.42. The minimum absolute atomic E-state index is 0.131. The van der Waals surface area contributed by atoms with Crippen LogP contribution in [0.3, 0.4) is 0 Å². The van der Waals surface area contributed by atoms with Gasteiger partial charge in [-0.3, -0.25) is 9.67 Å². The summed E-state index contributed by atoms with van der Waals surface area (Å²) in [6.07, 6.45) is 6.80. The molecule has 2 aromatic heterocycles. The summed E-state index contributed by atoms with van der Waals surface area (Å²) >= 11 is 0. The number of hydrogen-bond donors (Lipinski definition) is 1. The van der Waals surface area contributed by atoms with Crippen molar-refractivity contribution in [2.24, 2.45) is 7.05 Å². The van der Waals surface area contributed by atoms with Crippen LogP contribution in [0.5, 0.6) is 0 Å². The van der Waals surface area contributed by atoms with E-state index in [2.05, 4.69) is 38.5 Å². The molecule has 34 heavy (non-hydrogen) atoms. The van der Waals surface area contributed by atoms with E-state index in [-0.39, 0.29) is 11.9 Å². The van der Waals surface area contributed by atoms with Gasteiger partial charge in [-0.05, 0) is 54.3 Å². The molecule has 6 rings (SSSR count). The Morgan fingerprint density at radius 1 is 1.06 bits per heavy atom. The Kier molecular flexibility index (Phi) is 5.31. The Bertz CT molecular complexity index is 1350. The molecule has 2 aliphatic heterocycles. The average molecular weight is 458 g/mol. The van der Waals surface area contributed by atoms with Crippen LogP contribution in [0.4, 0.5) is 10.1 Å². The number of morpholine rings is 1. The lowest BCUT2D eigenvalue weighted by Crippen LogP contribution is -2.57. The summed E-state index contributed by atoms with van der Waals surface area (Å²) in [5.74, 6) is -0.235. The zero-order chi connectivity index (χ0) is 23.2. The molecule has 4 heterocycles. The highest BCUT2D eigenvalue weighted by molar-refractivity contribution is 5.93. The Morgan fingerprint density at radius 3 is 2.76 bits per heavy atom. The number of halogens is 1. The van der Waals surface area contributed by atoms with E-state index in [1.165, 1.54) is 0 Å². The Hall–Kier alpha value is -3.29.